The molecule has 0 N–H and O–H groups in total. The summed E-state index contributed by atoms with van der Waals surface area (Å²) in [6, 6.07) is 0. The summed E-state index contributed by atoms with van der Waals surface area (Å²) < 4.78 is 5.35. The number of rotatable bonds is 4. The molecule has 4 heteroatoms. The molecule has 0 spiro atoms. The van der Waals surface area contributed by atoms with Crippen LogP contribution in [0.5, 0.6) is 5.88 Å². The van der Waals surface area contributed by atoms with Crippen LogP contribution in [0.2, 0.25) is 0 Å². The van der Waals surface area contributed by atoms with E-state index in [-0.39, 0.29) is 0 Å². The van der Waals surface area contributed by atoms with Gasteiger partial charge in [-0.1, -0.05) is 13.8 Å². The molecule has 0 saturated carbocycles. The zero-order valence-electron chi connectivity index (χ0n) is 7.83. The molecule has 0 aromatic carbocycles. The Morgan fingerprint density at radius 1 is 1.38 bits per heavy atom. The number of hydrogen-bond acceptors (Lipinski definition) is 3. The van der Waals surface area contributed by atoms with Crippen LogP contribution in [-0.2, 0) is 5.88 Å². The van der Waals surface area contributed by atoms with Gasteiger partial charge in [0.05, 0.1) is 30.6 Å². The van der Waals surface area contributed by atoms with Gasteiger partial charge in [-0.3, -0.25) is 4.98 Å². The molecule has 0 aliphatic rings. The molecule has 0 radical (unpaired) electrons. The van der Waals surface area contributed by atoms with Crippen molar-refractivity contribution in [1.82, 2.24) is 9.97 Å². The Balaban J connectivity index is 2.49. The highest BCUT2D eigenvalue weighted by Crippen LogP contribution is 2.06. The van der Waals surface area contributed by atoms with E-state index in [1.54, 1.807) is 12.4 Å². The second-order valence-corrected chi connectivity index (χ2v) is 3.45. The summed E-state index contributed by atoms with van der Waals surface area (Å²) in [5.74, 6) is 1.44. The Labute approximate surface area is 83.1 Å². The molecule has 1 heterocycles. The molecule has 72 valence electrons. The van der Waals surface area contributed by atoms with Gasteiger partial charge in [0, 0.05) is 0 Å². The van der Waals surface area contributed by atoms with Gasteiger partial charge >= 0.3 is 0 Å². The molecule has 1 rings (SSSR count). The SMILES string of the molecule is CC(C)COc1cnc(CCl)cn1. The first-order valence-corrected chi connectivity index (χ1v) is 4.75. The molecule has 1 aromatic rings. The van der Waals surface area contributed by atoms with Crippen molar-refractivity contribution >= 4 is 11.6 Å². The maximum absolute atomic E-state index is 5.56. The maximum atomic E-state index is 5.56. The second-order valence-electron chi connectivity index (χ2n) is 3.18. The van der Waals surface area contributed by atoms with Crippen LogP contribution in [-0.4, -0.2) is 16.6 Å². The summed E-state index contributed by atoms with van der Waals surface area (Å²) in [6.07, 6.45) is 3.22. The van der Waals surface area contributed by atoms with Gasteiger partial charge in [-0.25, -0.2) is 4.98 Å². The fourth-order valence-corrected chi connectivity index (χ4v) is 0.877. The van der Waals surface area contributed by atoms with Gasteiger partial charge in [0.15, 0.2) is 0 Å². The molecule has 0 amide bonds. The van der Waals surface area contributed by atoms with Crippen LogP contribution in [0, 0.1) is 5.92 Å². The number of nitrogens with zero attached hydrogens (tertiary/aromatic N) is 2. The molecule has 0 bridgehead atoms. The van der Waals surface area contributed by atoms with Crippen LogP contribution >= 0.6 is 11.6 Å². The summed E-state index contributed by atoms with van der Waals surface area (Å²) in [5, 5.41) is 0. The van der Waals surface area contributed by atoms with Crippen molar-refractivity contribution in [3.8, 4) is 5.88 Å². The molecular weight excluding hydrogens is 188 g/mol. The number of aromatic nitrogens is 2. The topological polar surface area (TPSA) is 35.0 Å². The Morgan fingerprint density at radius 2 is 2.15 bits per heavy atom. The fourth-order valence-electron chi connectivity index (χ4n) is 0.739. The van der Waals surface area contributed by atoms with Gasteiger partial charge in [-0.05, 0) is 5.92 Å². The lowest BCUT2D eigenvalue weighted by atomic mass is 10.2. The van der Waals surface area contributed by atoms with Crippen molar-refractivity contribution in [2.45, 2.75) is 19.7 Å². The van der Waals surface area contributed by atoms with Crippen molar-refractivity contribution in [1.29, 1.82) is 0 Å². The highest BCUT2D eigenvalue weighted by molar-refractivity contribution is 6.16. The van der Waals surface area contributed by atoms with E-state index in [4.69, 9.17) is 16.3 Å². The summed E-state index contributed by atoms with van der Waals surface area (Å²) in [7, 11) is 0. The molecule has 0 atom stereocenters. The Bertz CT molecular complexity index is 248. The quantitative estimate of drug-likeness (QED) is 0.700. The highest BCUT2D eigenvalue weighted by atomic mass is 35.5. The van der Waals surface area contributed by atoms with Crippen LogP contribution in [0.3, 0.4) is 0 Å². The van der Waals surface area contributed by atoms with Crippen LogP contribution in [0.15, 0.2) is 12.4 Å². The third-order valence-corrected chi connectivity index (χ3v) is 1.66. The van der Waals surface area contributed by atoms with E-state index in [0.29, 0.717) is 24.3 Å². The number of halogens is 1. The zero-order valence-corrected chi connectivity index (χ0v) is 8.58. The van der Waals surface area contributed by atoms with Crippen molar-refractivity contribution < 1.29 is 4.74 Å². The van der Waals surface area contributed by atoms with Crippen molar-refractivity contribution in [3.05, 3.63) is 18.1 Å². The average molecular weight is 201 g/mol. The van der Waals surface area contributed by atoms with Gasteiger partial charge < -0.3 is 4.74 Å². The Morgan fingerprint density at radius 3 is 2.62 bits per heavy atom. The highest BCUT2D eigenvalue weighted by Gasteiger charge is 1.99. The lowest BCUT2D eigenvalue weighted by molar-refractivity contribution is 0.260. The number of ether oxygens (including phenoxy) is 1. The lowest BCUT2D eigenvalue weighted by Crippen LogP contribution is -2.06. The third-order valence-electron chi connectivity index (χ3n) is 1.38. The summed E-state index contributed by atoms with van der Waals surface area (Å²) in [5.41, 5.74) is 0.763. The van der Waals surface area contributed by atoms with E-state index in [2.05, 4.69) is 23.8 Å². The van der Waals surface area contributed by atoms with E-state index in [0.717, 1.165) is 5.69 Å². The van der Waals surface area contributed by atoms with E-state index in [1.807, 2.05) is 0 Å². The summed E-state index contributed by atoms with van der Waals surface area (Å²) in [6.45, 7) is 4.83. The van der Waals surface area contributed by atoms with E-state index in [1.165, 1.54) is 0 Å². The monoisotopic (exact) mass is 200 g/mol. The fraction of sp³-hybridized carbons (Fsp3) is 0.556. The predicted molar refractivity (Wildman–Crippen MR) is 51.9 cm³/mol. The lowest BCUT2D eigenvalue weighted by Gasteiger charge is -2.06. The minimum atomic E-state index is 0.386. The van der Waals surface area contributed by atoms with Crippen LogP contribution in [0.4, 0.5) is 0 Å². The van der Waals surface area contributed by atoms with Crippen molar-refractivity contribution in [3.63, 3.8) is 0 Å². The minimum absolute atomic E-state index is 0.386. The van der Waals surface area contributed by atoms with Gasteiger partial charge in [-0.15, -0.1) is 11.6 Å². The first-order valence-electron chi connectivity index (χ1n) is 4.22. The number of alkyl halides is 1. The second kappa shape index (κ2) is 5.02. The molecule has 1 aromatic heterocycles. The van der Waals surface area contributed by atoms with Crippen LogP contribution < -0.4 is 4.74 Å². The Hall–Kier alpha value is -0.830. The third kappa shape index (κ3) is 3.59. The van der Waals surface area contributed by atoms with E-state index in [9.17, 15) is 0 Å². The van der Waals surface area contributed by atoms with Gasteiger partial charge in [0.25, 0.3) is 0 Å². The molecular formula is C9H13ClN2O. The first-order chi connectivity index (χ1) is 6.22. The molecule has 13 heavy (non-hydrogen) atoms. The van der Waals surface area contributed by atoms with E-state index < -0.39 is 0 Å². The van der Waals surface area contributed by atoms with Gasteiger partial charge in [0.1, 0.15) is 0 Å². The van der Waals surface area contributed by atoms with Crippen LogP contribution in [0.25, 0.3) is 0 Å². The smallest absolute Gasteiger partial charge is 0.232 e. The molecule has 3 nitrogen and oxygen atoms in total. The summed E-state index contributed by atoms with van der Waals surface area (Å²) in [4.78, 5) is 8.11. The minimum Gasteiger partial charge on any atom is -0.476 e. The average Bonchev–Trinajstić information content (AvgIpc) is 2.15. The largest absolute Gasteiger partial charge is 0.476 e. The normalized spacial score (nSPS) is 10.5. The molecule has 0 fully saturated rings. The molecule has 0 aliphatic heterocycles. The standard InChI is InChI=1S/C9H13ClN2O/c1-7(2)6-13-9-5-11-8(3-10)4-12-9/h4-5,7H,3,6H2,1-2H3. The predicted octanol–water partition coefficient (Wildman–Crippen LogP) is 2.25. The Kier molecular flexibility index (Phi) is 3.96. The first kappa shape index (κ1) is 10.3. The van der Waals surface area contributed by atoms with Crippen molar-refractivity contribution in [2.75, 3.05) is 6.61 Å². The molecule has 0 unspecified atom stereocenters. The van der Waals surface area contributed by atoms with Crippen LogP contribution in [0.1, 0.15) is 19.5 Å². The molecule has 0 aliphatic carbocycles. The molecule has 0 saturated heterocycles. The van der Waals surface area contributed by atoms with Gasteiger partial charge in [-0.2, -0.15) is 0 Å². The van der Waals surface area contributed by atoms with Crippen molar-refractivity contribution in [2.24, 2.45) is 5.92 Å². The number of hydrogen-bond donors (Lipinski definition) is 0. The summed E-state index contributed by atoms with van der Waals surface area (Å²) >= 11 is 5.56. The zero-order chi connectivity index (χ0) is 9.68. The van der Waals surface area contributed by atoms with Gasteiger partial charge in [0.2, 0.25) is 5.88 Å². The van der Waals surface area contributed by atoms with E-state index >= 15 is 0 Å². The maximum Gasteiger partial charge on any atom is 0.232 e.